The smallest absolute Gasteiger partial charge is 0.0840 e. The molecule has 0 aliphatic rings. The van der Waals surface area contributed by atoms with Crippen molar-refractivity contribution >= 4 is 38.4 Å². The summed E-state index contributed by atoms with van der Waals surface area (Å²) in [6, 6.07) is 3.85. The van der Waals surface area contributed by atoms with Gasteiger partial charge >= 0.3 is 0 Å². The summed E-state index contributed by atoms with van der Waals surface area (Å²) in [5.41, 5.74) is 1.87. The fourth-order valence-electron chi connectivity index (χ4n) is 1.17. The van der Waals surface area contributed by atoms with Gasteiger partial charge in [0.25, 0.3) is 0 Å². The van der Waals surface area contributed by atoms with Crippen LogP contribution in [0.5, 0.6) is 0 Å². The Morgan fingerprint density at radius 1 is 1.50 bits per heavy atom. The monoisotopic (exact) mass is 244 g/mol. The Labute approximate surface area is 83.0 Å². The summed E-state index contributed by atoms with van der Waals surface area (Å²) < 4.78 is 0.976. The van der Waals surface area contributed by atoms with Crippen LogP contribution in [0.2, 0.25) is 5.02 Å². The van der Waals surface area contributed by atoms with Crippen molar-refractivity contribution in [3.63, 3.8) is 0 Å². The molecule has 0 spiro atoms. The molecule has 0 atom stereocenters. The zero-order valence-electron chi connectivity index (χ0n) is 6.36. The first-order valence-corrected chi connectivity index (χ1v) is 4.65. The van der Waals surface area contributed by atoms with E-state index in [9.17, 15) is 0 Å². The Bertz CT molecular complexity index is 436. The molecule has 0 saturated heterocycles. The number of halogens is 2. The van der Waals surface area contributed by atoms with Gasteiger partial charge in [-0.2, -0.15) is 5.10 Å². The molecule has 0 unspecified atom stereocenters. The first-order chi connectivity index (χ1) is 5.68. The second kappa shape index (κ2) is 2.75. The van der Waals surface area contributed by atoms with Crippen molar-refractivity contribution in [3.8, 4) is 0 Å². The highest BCUT2D eigenvalue weighted by Crippen LogP contribution is 2.27. The van der Waals surface area contributed by atoms with Crippen molar-refractivity contribution in [1.82, 2.24) is 10.2 Å². The van der Waals surface area contributed by atoms with Crippen molar-refractivity contribution in [2.45, 2.75) is 6.92 Å². The molecule has 0 radical (unpaired) electrons. The molecule has 1 N–H and O–H groups in total. The van der Waals surface area contributed by atoms with Gasteiger partial charge in [0, 0.05) is 9.86 Å². The third-order valence-corrected chi connectivity index (χ3v) is 2.54. The minimum atomic E-state index is 0.694. The van der Waals surface area contributed by atoms with Crippen molar-refractivity contribution in [1.29, 1.82) is 0 Å². The maximum absolute atomic E-state index is 5.97. The average Bonchev–Trinajstić information content (AvgIpc) is 2.33. The predicted octanol–water partition coefficient (Wildman–Crippen LogP) is 3.29. The standard InChI is InChI=1S/C8H6BrClN2/c1-4-6-2-5(9)3-7(10)8(6)12-11-4/h2-3H,1H3,(H,11,12). The molecule has 2 aromatic rings. The number of aryl methyl sites for hydroxylation is 1. The molecule has 0 saturated carbocycles. The molecule has 2 rings (SSSR count). The second-order valence-electron chi connectivity index (χ2n) is 2.62. The van der Waals surface area contributed by atoms with E-state index in [-0.39, 0.29) is 0 Å². The van der Waals surface area contributed by atoms with E-state index >= 15 is 0 Å². The highest BCUT2D eigenvalue weighted by Gasteiger charge is 2.05. The quantitative estimate of drug-likeness (QED) is 0.758. The van der Waals surface area contributed by atoms with Crippen LogP contribution in [-0.4, -0.2) is 10.2 Å². The van der Waals surface area contributed by atoms with Gasteiger partial charge in [0.2, 0.25) is 0 Å². The number of rotatable bonds is 0. The Kier molecular flexibility index (Phi) is 1.85. The fourth-order valence-corrected chi connectivity index (χ4v) is 2.02. The van der Waals surface area contributed by atoms with Gasteiger partial charge in [-0.1, -0.05) is 27.5 Å². The Morgan fingerprint density at radius 3 is 3.00 bits per heavy atom. The van der Waals surface area contributed by atoms with Crippen LogP contribution >= 0.6 is 27.5 Å². The van der Waals surface area contributed by atoms with Gasteiger partial charge in [0.05, 0.1) is 16.2 Å². The second-order valence-corrected chi connectivity index (χ2v) is 3.94. The van der Waals surface area contributed by atoms with E-state index < -0.39 is 0 Å². The van der Waals surface area contributed by atoms with Gasteiger partial charge in [-0.3, -0.25) is 5.10 Å². The molecule has 0 fully saturated rings. The largest absolute Gasteiger partial charge is 0.276 e. The molecular formula is C8H6BrClN2. The van der Waals surface area contributed by atoms with Crippen LogP contribution in [0.4, 0.5) is 0 Å². The molecule has 1 aromatic carbocycles. The zero-order valence-corrected chi connectivity index (χ0v) is 8.70. The van der Waals surface area contributed by atoms with Crippen LogP contribution < -0.4 is 0 Å². The van der Waals surface area contributed by atoms with Crippen LogP contribution in [0.25, 0.3) is 10.9 Å². The normalized spacial score (nSPS) is 10.9. The highest BCUT2D eigenvalue weighted by atomic mass is 79.9. The molecule has 0 bridgehead atoms. The van der Waals surface area contributed by atoms with Crippen LogP contribution in [0.3, 0.4) is 0 Å². The summed E-state index contributed by atoms with van der Waals surface area (Å²) in [6.45, 7) is 1.95. The third kappa shape index (κ3) is 1.13. The molecule has 62 valence electrons. The topological polar surface area (TPSA) is 28.7 Å². The van der Waals surface area contributed by atoms with E-state index in [0.717, 1.165) is 21.1 Å². The Balaban J connectivity index is 2.92. The Hall–Kier alpha value is -0.540. The zero-order chi connectivity index (χ0) is 8.72. The van der Waals surface area contributed by atoms with Crippen LogP contribution in [0.15, 0.2) is 16.6 Å². The summed E-state index contributed by atoms with van der Waals surface area (Å²) in [5, 5.41) is 8.71. The maximum Gasteiger partial charge on any atom is 0.0840 e. The van der Waals surface area contributed by atoms with Crippen molar-refractivity contribution in [2.24, 2.45) is 0 Å². The molecule has 2 nitrogen and oxygen atoms in total. The first kappa shape index (κ1) is 8.08. The summed E-state index contributed by atoms with van der Waals surface area (Å²) in [5.74, 6) is 0. The summed E-state index contributed by atoms with van der Waals surface area (Å²) in [4.78, 5) is 0. The van der Waals surface area contributed by atoms with Gasteiger partial charge in [0.15, 0.2) is 0 Å². The first-order valence-electron chi connectivity index (χ1n) is 3.48. The van der Waals surface area contributed by atoms with Gasteiger partial charge < -0.3 is 0 Å². The van der Waals surface area contributed by atoms with Crippen LogP contribution in [0.1, 0.15) is 5.69 Å². The van der Waals surface area contributed by atoms with Crippen molar-refractivity contribution in [3.05, 3.63) is 27.3 Å². The lowest BCUT2D eigenvalue weighted by Crippen LogP contribution is -1.72. The lowest BCUT2D eigenvalue weighted by atomic mass is 10.2. The van der Waals surface area contributed by atoms with Gasteiger partial charge in [0.1, 0.15) is 0 Å². The maximum atomic E-state index is 5.97. The lowest BCUT2D eigenvalue weighted by Gasteiger charge is -1.94. The molecule has 0 amide bonds. The highest BCUT2D eigenvalue weighted by molar-refractivity contribution is 9.10. The molecule has 12 heavy (non-hydrogen) atoms. The van der Waals surface area contributed by atoms with E-state index in [2.05, 4.69) is 26.1 Å². The number of hydrogen-bond donors (Lipinski definition) is 1. The Morgan fingerprint density at radius 2 is 2.25 bits per heavy atom. The number of nitrogens with one attached hydrogen (secondary N) is 1. The van der Waals surface area contributed by atoms with Gasteiger partial charge in [-0.25, -0.2) is 0 Å². The van der Waals surface area contributed by atoms with E-state index in [1.54, 1.807) is 0 Å². The number of hydrogen-bond acceptors (Lipinski definition) is 1. The van der Waals surface area contributed by atoms with Crippen LogP contribution in [-0.2, 0) is 0 Å². The summed E-state index contributed by atoms with van der Waals surface area (Å²) in [7, 11) is 0. The van der Waals surface area contributed by atoms with E-state index in [1.807, 2.05) is 19.1 Å². The van der Waals surface area contributed by atoms with Crippen LogP contribution in [0, 0.1) is 6.92 Å². The number of aromatic amines is 1. The molecule has 0 aliphatic carbocycles. The van der Waals surface area contributed by atoms with E-state index in [4.69, 9.17) is 11.6 Å². The minimum Gasteiger partial charge on any atom is -0.276 e. The van der Waals surface area contributed by atoms with Gasteiger partial charge in [-0.15, -0.1) is 0 Å². The summed E-state index contributed by atoms with van der Waals surface area (Å²) >= 11 is 9.35. The van der Waals surface area contributed by atoms with E-state index in [1.165, 1.54) is 0 Å². The predicted molar refractivity (Wildman–Crippen MR) is 53.5 cm³/mol. The van der Waals surface area contributed by atoms with Crippen molar-refractivity contribution < 1.29 is 0 Å². The third-order valence-electron chi connectivity index (χ3n) is 1.78. The van der Waals surface area contributed by atoms with Crippen molar-refractivity contribution in [2.75, 3.05) is 0 Å². The number of H-pyrrole nitrogens is 1. The molecular weight excluding hydrogens is 239 g/mol. The average molecular weight is 246 g/mol. The minimum absolute atomic E-state index is 0.694. The van der Waals surface area contributed by atoms with E-state index in [0.29, 0.717) is 5.02 Å². The number of fused-ring (bicyclic) bond motifs is 1. The molecule has 1 aromatic heterocycles. The SMILES string of the molecule is Cc1n[nH]c2c(Cl)cc(Br)cc12. The number of benzene rings is 1. The fraction of sp³-hybridized carbons (Fsp3) is 0.125. The van der Waals surface area contributed by atoms with Gasteiger partial charge in [-0.05, 0) is 19.1 Å². The lowest BCUT2D eigenvalue weighted by molar-refractivity contribution is 1.07. The molecule has 4 heteroatoms. The summed E-state index contributed by atoms with van der Waals surface area (Å²) in [6.07, 6.45) is 0. The molecule has 0 aliphatic heterocycles. The number of nitrogens with zero attached hydrogens (tertiary/aromatic N) is 1. The molecule has 1 heterocycles. The number of aromatic nitrogens is 2.